The van der Waals surface area contributed by atoms with Crippen molar-refractivity contribution in [2.24, 2.45) is 0 Å². The predicted molar refractivity (Wildman–Crippen MR) is 129 cm³/mol. The molecule has 0 bridgehead atoms. The van der Waals surface area contributed by atoms with E-state index < -0.39 is 6.61 Å². The van der Waals surface area contributed by atoms with Gasteiger partial charge in [-0.15, -0.1) is 0 Å². The first kappa shape index (κ1) is 23.4. The van der Waals surface area contributed by atoms with E-state index in [1.807, 2.05) is 6.07 Å². The van der Waals surface area contributed by atoms with Crippen LogP contribution in [0.3, 0.4) is 0 Å². The van der Waals surface area contributed by atoms with Crippen LogP contribution in [0.2, 0.25) is 0 Å². The molecular formula is C25H21F2N5O4. The lowest BCUT2D eigenvalue weighted by atomic mass is 10.0. The van der Waals surface area contributed by atoms with E-state index in [4.69, 9.17) is 4.74 Å². The number of aromatic nitrogens is 5. The number of rotatable bonds is 8. The molecular weight excluding hydrogens is 472 g/mol. The van der Waals surface area contributed by atoms with Crippen LogP contribution in [0.5, 0.6) is 11.8 Å². The fraction of sp³-hybridized carbons (Fsp3) is 0.200. The van der Waals surface area contributed by atoms with Gasteiger partial charge in [-0.2, -0.15) is 18.9 Å². The molecule has 3 heterocycles. The molecule has 0 aliphatic carbocycles. The average Bonchev–Trinajstić information content (AvgIpc) is 3.26. The van der Waals surface area contributed by atoms with Gasteiger partial charge in [0.05, 0.1) is 31.0 Å². The fourth-order valence-electron chi connectivity index (χ4n) is 3.96. The Morgan fingerprint density at radius 2 is 1.89 bits per heavy atom. The van der Waals surface area contributed by atoms with Gasteiger partial charge in [0.25, 0.3) is 5.56 Å². The van der Waals surface area contributed by atoms with Crippen LogP contribution in [-0.2, 0) is 6.54 Å². The molecule has 3 aromatic heterocycles. The molecule has 0 aliphatic rings. The summed E-state index contributed by atoms with van der Waals surface area (Å²) in [4.78, 5) is 22.5. The lowest BCUT2D eigenvalue weighted by Crippen LogP contribution is -2.21. The molecule has 0 amide bonds. The quantitative estimate of drug-likeness (QED) is 0.351. The number of aliphatic hydroxyl groups excluding tert-OH is 1. The van der Waals surface area contributed by atoms with Gasteiger partial charge >= 0.3 is 12.6 Å². The second-order valence-electron chi connectivity index (χ2n) is 7.82. The highest BCUT2D eigenvalue weighted by atomic mass is 19.3. The van der Waals surface area contributed by atoms with Crippen LogP contribution in [0.15, 0.2) is 65.7 Å². The van der Waals surface area contributed by atoms with Crippen molar-refractivity contribution in [2.45, 2.75) is 20.1 Å². The third-order valence-electron chi connectivity index (χ3n) is 5.50. The number of aliphatic hydroxyl groups is 1. The molecule has 0 radical (unpaired) electrons. The molecule has 2 aromatic carbocycles. The van der Waals surface area contributed by atoms with Gasteiger partial charge in [-0.3, -0.25) is 14.0 Å². The molecule has 5 rings (SSSR count). The minimum absolute atomic E-state index is 0.0303. The zero-order valence-corrected chi connectivity index (χ0v) is 19.1. The Bertz CT molecular complexity index is 1600. The summed E-state index contributed by atoms with van der Waals surface area (Å²) in [5, 5.41) is 15.0. The highest BCUT2D eigenvalue weighted by molar-refractivity contribution is 5.87. The topological polar surface area (TPSA) is 104 Å². The van der Waals surface area contributed by atoms with E-state index in [0.717, 1.165) is 10.9 Å². The van der Waals surface area contributed by atoms with Gasteiger partial charge in [-0.25, -0.2) is 4.98 Å². The summed E-state index contributed by atoms with van der Waals surface area (Å²) in [5.41, 5.74) is 2.12. The molecule has 0 aliphatic heterocycles. The maximum Gasteiger partial charge on any atom is 0.387 e. The largest absolute Gasteiger partial charge is 0.464 e. The van der Waals surface area contributed by atoms with Gasteiger partial charge in [0.15, 0.2) is 5.65 Å². The summed E-state index contributed by atoms with van der Waals surface area (Å²) in [6.45, 7) is -0.499. The maximum absolute atomic E-state index is 13.8. The monoisotopic (exact) mass is 493 g/mol. The zero-order valence-electron chi connectivity index (χ0n) is 19.1. The van der Waals surface area contributed by atoms with Crippen molar-refractivity contribution in [1.82, 2.24) is 24.3 Å². The van der Waals surface area contributed by atoms with Crippen LogP contribution >= 0.6 is 0 Å². The molecule has 0 fully saturated rings. The van der Waals surface area contributed by atoms with E-state index in [1.54, 1.807) is 42.2 Å². The van der Waals surface area contributed by atoms with Gasteiger partial charge in [0.1, 0.15) is 5.75 Å². The Hall–Kier alpha value is -4.38. The first-order chi connectivity index (χ1) is 17.5. The molecule has 1 N–H and O–H groups in total. The van der Waals surface area contributed by atoms with Crippen molar-refractivity contribution in [3.05, 3.63) is 71.3 Å². The van der Waals surface area contributed by atoms with Gasteiger partial charge in [0.2, 0.25) is 0 Å². The normalized spacial score (nSPS) is 11.5. The van der Waals surface area contributed by atoms with Crippen molar-refractivity contribution < 1.29 is 23.4 Å². The number of hydrogen-bond acceptors (Lipinski definition) is 7. The minimum atomic E-state index is -2.96. The number of pyridine rings is 1. The summed E-state index contributed by atoms with van der Waals surface area (Å²) >= 11 is 0. The highest BCUT2D eigenvalue weighted by Crippen LogP contribution is 2.27. The Morgan fingerprint density at radius 1 is 1.08 bits per heavy atom. The maximum atomic E-state index is 13.8. The second kappa shape index (κ2) is 9.70. The number of nitrogens with zero attached hydrogens (tertiary/aromatic N) is 5. The molecule has 36 heavy (non-hydrogen) atoms. The summed E-state index contributed by atoms with van der Waals surface area (Å²) in [6, 6.07) is 13.0. The van der Waals surface area contributed by atoms with Crippen LogP contribution < -0.4 is 15.0 Å². The third-order valence-corrected chi connectivity index (χ3v) is 5.50. The summed E-state index contributed by atoms with van der Waals surface area (Å²) in [6.07, 6.45) is 3.37. The van der Waals surface area contributed by atoms with E-state index in [2.05, 4.69) is 19.8 Å². The third kappa shape index (κ3) is 4.48. The lowest BCUT2D eigenvalue weighted by Gasteiger charge is -2.14. The molecule has 11 heteroatoms. The molecule has 0 spiro atoms. The number of ether oxygens (including phenoxy) is 2. The standard InChI is InChI=1S/C25H21F2N5O4/c1-2-35-25-28-13-16-12-20(15-3-8-21-17(11-15)14-31(30-21)9-10-33)23(34)32(22(16)29-25)18-4-6-19(7-5-18)36-24(26)27/h3-8,11-14,24,33H,2,9-10H2,1H3. The molecule has 0 saturated heterocycles. The van der Waals surface area contributed by atoms with E-state index in [9.17, 15) is 18.7 Å². The van der Waals surface area contributed by atoms with Crippen LogP contribution in [0.1, 0.15) is 6.92 Å². The molecule has 0 saturated carbocycles. The van der Waals surface area contributed by atoms with Gasteiger partial charge in [-0.05, 0) is 55.0 Å². The number of hydrogen-bond donors (Lipinski definition) is 1. The van der Waals surface area contributed by atoms with Crippen molar-refractivity contribution in [2.75, 3.05) is 13.2 Å². The molecule has 5 aromatic rings. The summed E-state index contributed by atoms with van der Waals surface area (Å²) in [5.74, 6) is -0.0303. The zero-order chi connectivity index (χ0) is 25.2. The minimum Gasteiger partial charge on any atom is -0.464 e. The first-order valence-electron chi connectivity index (χ1n) is 11.2. The number of halogens is 2. The molecule has 0 atom stereocenters. The van der Waals surface area contributed by atoms with Crippen molar-refractivity contribution in [3.63, 3.8) is 0 Å². The van der Waals surface area contributed by atoms with Gasteiger partial charge in [0, 0.05) is 28.7 Å². The Labute approximate surface area is 203 Å². The van der Waals surface area contributed by atoms with Crippen LogP contribution in [-0.4, -0.2) is 49.2 Å². The fourth-order valence-corrected chi connectivity index (χ4v) is 3.96. The van der Waals surface area contributed by atoms with E-state index in [0.29, 0.717) is 41.0 Å². The molecule has 9 nitrogen and oxygen atoms in total. The van der Waals surface area contributed by atoms with Crippen molar-refractivity contribution in [3.8, 4) is 28.6 Å². The van der Waals surface area contributed by atoms with Crippen molar-refractivity contribution >= 4 is 21.9 Å². The Balaban J connectivity index is 1.70. The summed E-state index contributed by atoms with van der Waals surface area (Å²) in [7, 11) is 0. The van der Waals surface area contributed by atoms with E-state index >= 15 is 0 Å². The SMILES string of the molecule is CCOc1ncc2cc(-c3ccc4nn(CCO)cc4c3)c(=O)n(-c3ccc(OC(F)F)cc3)c2n1. The number of benzene rings is 2. The highest BCUT2D eigenvalue weighted by Gasteiger charge is 2.17. The van der Waals surface area contributed by atoms with Crippen LogP contribution in [0, 0.1) is 0 Å². The predicted octanol–water partition coefficient (Wildman–Crippen LogP) is 3.79. The second-order valence-corrected chi connectivity index (χ2v) is 7.82. The number of alkyl halides is 2. The van der Waals surface area contributed by atoms with E-state index in [1.165, 1.54) is 28.8 Å². The molecule has 184 valence electrons. The first-order valence-corrected chi connectivity index (χ1v) is 11.2. The number of fused-ring (bicyclic) bond motifs is 2. The van der Waals surface area contributed by atoms with Crippen molar-refractivity contribution in [1.29, 1.82) is 0 Å². The average molecular weight is 493 g/mol. The Kier molecular flexibility index (Phi) is 6.30. The summed E-state index contributed by atoms with van der Waals surface area (Å²) < 4.78 is 38.1. The Morgan fingerprint density at radius 3 is 2.61 bits per heavy atom. The van der Waals surface area contributed by atoms with Gasteiger partial charge < -0.3 is 14.6 Å². The van der Waals surface area contributed by atoms with E-state index in [-0.39, 0.29) is 23.9 Å². The van der Waals surface area contributed by atoms with Gasteiger partial charge in [-0.1, -0.05) is 6.07 Å². The van der Waals surface area contributed by atoms with Crippen LogP contribution in [0.25, 0.3) is 38.8 Å². The molecule has 0 unspecified atom stereocenters. The van der Waals surface area contributed by atoms with Crippen LogP contribution in [0.4, 0.5) is 8.78 Å². The smallest absolute Gasteiger partial charge is 0.387 e. The lowest BCUT2D eigenvalue weighted by molar-refractivity contribution is -0.0498.